The summed E-state index contributed by atoms with van der Waals surface area (Å²) in [4.78, 5) is 30.9. The second-order valence-electron chi connectivity index (χ2n) is 17.0. The maximum absolute atomic E-state index is 13.0. The van der Waals surface area contributed by atoms with Crippen molar-refractivity contribution in [2.24, 2.45) is 11.8 Å². The number of carbonyl (C=O) groups is 2. The summed E-state index contributed by atoms with van der Waals surface area (Å²) in [5.74, 6) is 0.341. The molecule has 0 aliphatic carbocycles. The van der Waals surface area contributed by atoms with Crippen molar-refractivity contribution in [3.63, 3.8) is 0 Å². The Labute approximate surface area is 338 Å². The van der Waals surface area contributed by atoms with E-state index in [9.17, 15) is 9.59 Å². The molecule has 54 heavy (non-hydrogen) atoms. The van der Waals surface area contributed by atoms with E-state index in [0.29, 0.717) is 13.2 Å². The zero-order valence-corrected chi connectivity index (χ0v) is 37.6. The van der Waals surface area contributed by atoms with Gasteiger partial charge < -0.3 is 19.3 Å². The molecule has 0 saturated heterocycles. The summed E-state index contributed by atoms with van der Waals surface area (Å²) in [7, 11) is 4.32. The number of likely N-dealkylation sites (N-methyl/N-ethyl adjacent to an activating group) is 1. The monoisotopic (exact) mass is 765 g/mol. The first-order valence-corrected chi connectivity index (χ1v) is 24.1. The molecule has 0 heterocycles. The van der Waals surface area contributed by atoms with Gasteiger partial charge >= 0.3 is 11.9 Å². The summed E-state index contributed by atoms with van der Waals surface area (Å²) in [5, 5.41) is 0. The van der Waals surface area contributed by atoms with E-state index < -0.39 is 0 Å². The number of esters is 2. The Morgan fingerprint density at radius 1 is 0.370 bits per heavy atom. The number of rotatable bonds is 43. The zero-order valence-electron chi connectivity index (χ0n) is 37.6. The normalized spacial score (nSPS) is 12.8. The average molecular weight is 765 g/mol. The van der Waals surface area contributed by atoms with Crippen molar-refractivity contribution in [3.05, 3.63) is 0 Å². The summed E-state index contributed by atoms with van der Waals surface area (Å²) in [6.45, 7) is 14.7. The molecule has 0 aromatic heterocycles. The smallest absolute Gasteiger partial charge is 0.308 e. The lowest BCUT2D eigenvalue weighted by Gasteiger charge is -2.24. The van der Waals surface area contributed by atoms with Crippen LogP contribution in [0.3, 0.4) is 0 Å². The number of carbonyl (C=O) groups excluding carboxylic acids is 2. The fourth-order valence-electron chi connectivity index (χ4n) is 7.58. The number of ether oxygens (including phenoxy) is 2. The Bertz CT molecular complexity index is 733. The summed E-state index contributed by atoms with van der Waals surface area (Å²) in [5.41, 5.74) is 0. The molecular weight excluding hydrogens is 669 g/mol. The van der Waals surface area contributed by atoms with Crippen LogP contribution in [-0.2, 0) is 19.1 Å². The first kappa shape index (κ1) is 52.9. The lowest BCUT2D eigenvalue weighted by Crippen LogP contribution is -2.33. The van der Waals surface area contributed by atoms with Gasteiger partial charge in [-0.25, -0.2) is 0 Å². The molecule has 0 saturated carbocycles. The van der Waals surface area contributed by atoms with E-state index in [0.717, 1.165) is 103 Å². The van der Waals surface area contributed by atoms with Gasteiger partial charge in [-0.2, -0.15) is 0 Å². The third-order valence-corrected chi connectivity index (χ3v) is 11.4. The van der Waals surface area contributed by atoms with Crippen LogP contribution in [0.5, 0.6) is 0 Å². The third-order valence-electron chi connectivity index (χ3n) is 11.4. The molecule has 0 aromatic carbocycles. The van der Waals surface area contributed by atoms with Crippen LogP contribution in [-0.4, -0.2) is 75.2 Å². The molecule has 2 unspecified atom stereocenters. The Morgan fingerprint density at radius 3 is 1.02 bits per heavy atom. The number of unbranched alkanes of at least 4 members (excludes halogenated alkanes) is 22. The van der Waals surface area contributed by atoms with Gasteiger partial charge in [-0.15, -0.1) is 0 Å². The van der Waals surface area contributed by atoms with Gasteiger partial charge in [0.2, 0.25) is 0 Å². The van der Waals surface area contributed by atoms with E-state index in [1.165, 1.54) is 128 Å². The van der Waals surface area contributed by atoms with Crippen molar-refractivity contribution in [1.29, 1.82) is 0 Å². The van der Waals surface area contributed by atoms with Gasteiger partial charge in [0.05, 0.1) is 25.0 Å². The third kappa shape index (κ3) is 35.3. The molecule has 0 amide bonds. The SMILES string of the molecule is CCCCCCCCC(CCCCCC)C(=O)OCCCCCCN(CCCCCCOC(=O)C(CCCCCC)CCCCCCCC)CCN(C)C. The molecule has 0 aliphatic rings. The second-order valence-corrected chi connectivity index (χ2v) is 17.0. The Balaban J connectivity index is 4.37. The number of hydrogen-bond acceptors (Lipinski definition) is 6. The highest BCUT2D eigenvalue weighted by Gasteiger charge is 2.20. The Morgan fingerprint density at radius 2 is 0.667 bits per heavy atom. The fourth-order valence-corrected chi connectivity index (χ4v) is 7.58. The molecule has 322 valence electrons. The molecule has 0 spiro atoms. The predicted molar refractivity (Wildman–Crippen MR) is 234 cm³/mol. The van der Waals surface area contributed by atoms with Crippen molar-refractivity contribution < 1.29 is 19.1 Å². The van der Waals surface area contributed by atoms with Crippen LogP contribution in [0, 0.1) is 11.8 Å². The van der Waals surface area contributed by atoms with Crippen LogP contribution >= 0.6 is 0 Å². The quantitative estimate of drug-likeness (QED) is 0.0455. The largest absolute Gasteiger partial charge is 0.465 e. The molecule has 0 radical (unpaired) electrons. The minimum atomic E-state index is 0.0681. The van der Waals surface area contributed by atoms with Crippen molar-refractivity contribution in [3.8, 4) is 0 Å². The van der Waals surface area contributed by atoms with Crippen LogP contribution in [0.25, 0.3) is 0 Å². The van der Waals surface area contributed by atoms with Crippen molar-refractivity contribution in [1.82, 2.24) is 9.80 Å². The van der Waals surface area contributed by atoms with Gasteiger partial charge in [0.25, 0.3) is 0 Å². The lowest BCUT2D eigenvalue weighted by atomic mass is 9.94. The minimum absolute atomic E-state index is 0.0681. The molecule has 0 aliphatic heterocycles. The minimum Gasteiger partial charge on any atom is -0.465 e. The molecule has 0 fully saturated rings. The standard InChI is InChI=1S/C48H96N2O4/c1-7-11-15-19-21-29-37-45(35-27-17-13-9-3)47(51)53-43-33-25-23-31-39-50(42-41-49(5)6)40-32-24-26-34-44-54-48(52)46(36-28-18-14-10-4)38-30-22-20-16-12-8-2/h45-46H,7-44H2,1-6H3. The zero-order chi connectivity index (χ0) is 39.7. The molecule has 6 nitrogen and oxygen atoms in total. The summed E-state index contributed by atoms with van der Waals surface area (Å²) in [6.07, 6.45) is 38.1. The average Bonchev–Trinajstić information content (AvgIpc) is 3.16. The highest BCUT2D eigenvalue weighted by atomic mass is 16.5. The fraction of sp³-hybridized carbons (Fsp3) is 0.958. The molecule has 0 bridgehead atoms. The van der Waals surface area contributed by atoms with Gasteiger partial charge in [-0.05, 0) is 78.6 Å². The number of nitrogens with zero attached hydrogens (tertiary/aromatic N) is 2. The summed E-state index contributed by atoms with van der Waals surface area (Å²) >= 11 is 0. The lowest BCUT2D eigenvalue weighted by molar-refractivity contribution is -0.150. The van der Waals surface area contributed by atoms with E-state index in [4.69, 9.17) is 9.47 Å². The molecular formula is C48H96N2O4. The predicted octanol–water partition coefficient (Wildman–Crippen LogP) is 13.7. The van der Waals surface area contributed by atoms with E-state index in [1.54, 1.807) is 0 Å². The van der Waals surface area contributed by atoms with Crippen molar-refractivity contribution in [2.75, 3.05) is 53.5 Å². The van der Waals surface area contributed by atoms with E-state index in [1.807, 2.05) is 0 Å². The Kier molecular flexibility index (Phi) is 40.6. The van der Waals surface area contributed by atoms with Crippen molar-refractivity contribution >= 4 is 11.9 Å². The first-order chi connectivity index (χ1) is 26.4. The van der Waals surface area contributed by atoms with Crippen LogP contribution in [0.1, 0.15) is 233 Å². The Hall–Kier alpha value is -1.14. The topological polar surface area (TPSA) is 59.1 Å². The van der Waals surface area contributed by atoms with Gasteiger partial charge in [-0.3, -0.25) is 9.59 Å². The van der Waals surface area contributed by atoms with Gasteiger partial charge in [0, 0.05) is 13.1 Å². The molecule has 0 rings (SSSR count). The van der Waals surface area contributed by atoms with Crippen LogP contribution in [0.4, 0.5) is 0 Å². The van der Waals surface area contributed by atoms with Gasteiger partial charge in [-0.1, -0.05) is 182 Å². The van der Waals surface area contributed by atoms with E-state index in [2.05, 4.69) is 51.6 Å². The van der Waals surface area contributed by atoms with Gasteiger partial charge in [0.15, 0.2) is 0 Å². The van der Waals surface area contributed by atoms with Crippen LogP contribution < -0.4 is 0 Å². The first-order valence-electron chi connectivity index (χ1n) is 24.1. The number of hydrogen-bond donors (Lipinski definition) is 0. The molecule has 6 heteroatoms. The van der Waals surface area contributed by atoms with Crippen LogP contribution in [0.2, 0.25) is 0 Å². The second kappa shape index (κ2) is 41.5. The maximum Gasteiger partial charge on any atom is 0.308 e. The van der Waals surface area contributed by atoms with Crippen LogP contribution in [0.15, 0.2) is 0 Å². The van der Waals surface area contributed by atoms with E-state index in [-0.39, 0.29) is 23.8 Å². The van der Waals surface area contributed by atoms with Gasteiger partial charge in [0.1, 0.15) is 0 Å². The molecule has 0 aromatic rings. The highest BCUT2D eigenvalue weighted by Crippen LogP contribution is 2.22. The summed E-state index contributed by atoms with van der Waals surface area (Å²) in [6, 6.07) is 0. The van der Waals surface area contributed by atoms with Crippen molar-refractivity contribution in [2.45, 2.75) is 233 Å². The molecule has 2 atom stereocenters. The summed E-state index contributed by atoms with van der Waals surface area (Å²) < 4.78 is 11.7. The highest BCUT2D eigenvalue weighted by molar-refractivity contribution is 5.72. The molecule has 0 N–H and O–H groups in total. The maximum atomic E-state index is 13.0. The van der Waals surface area contributed by atoms with E-state index >= 15 is 0 Å².